The fourth-order valence-electron chi connectivity index (χ4n) is 1.37. The third kappa shape index (κ3) is 2.96. The van der Waals surface area contributed by atoms with Gasteiger partial charge in [0, 0.05) is 38.4 Å². The Hall–Kier alpha value is -1.03. The van der Waals surface area contributed by atoms with Crippen LogP contribution < -0.4 is 10.5 Å². The molecular formula is C10H16ClN3O. The van der Waals surface area contributed by atoms with Crippen molar-refractivity contribution in [3.63, 3.8) is 0 Å². The SMILES string of the molecule is CCN(CCCCl)c1nccn(C)c1=O. The maximum atomic E-state index is 11.8. The van der Waals surface area contributed by atoms with Crippen molar-refractivity contribution in [1.29, 1.82) is 0 Å². The number of aromatic nitrogens is 2. The summed E-state index contributed by atoms with van der Waals surface area (Å²) >= 11 is 5.63. The Kier molecular flexibility index (Phi) is 4.62. The van der Waals surface area contributed by atoms with Gasteiger partial charge in [0.15, 0.2) is 5.82 Å². The van der Waals surface area contributed by atoms with E-state index in [2.05, 4.69) is 4.98 Å². The summed E-state index contributed by atoms with van der Waals surface area (Å²) in [6, 6.07) is 0. The summed E-state index contributed by atoms with van der Waals surface area (Å²) in [5, 5.41) is 0. The van der Waals surface area contributed by atoms with Crippen LogP contribution in [0.25, 0.3) is 0 Å². The molecule has 1 heterocycles. The highest BCUT2D eigenvalue weighted by Crippen LogP contribution is 2.03. The van der Waals surface area contributed by atoms with E-state index < -0.39 is 0 Å². The number of nitrogens with zero attached hydrogens (tertiary/aromatic N) is 3. The second-order valence-corrected chi connectivity index (χ2v) is 3.67. The molecule has 4 nitrogen and oxygen atoms in total. The van der Waals surface area contributed by atoms with Gasteiger partial charge in [0.25, 0.3) is 5.56 Å². The second-order valence-electron chi connectivity index (χ2n) is 3.29. The normalized spacial score (nSPS) is 10.3. The van der Waals surface area contributed by atoms with Gasteiger partial charge in [0.1, 0.15) is 0 Å². The molecule has 0 N–H and O–H groups in total. The summed E-state index contributed by atoms with van der Waals surface area (Å²) in [4.78, 5) is 17.8. The molecule has 5 heteroatoms. The number of hydrogen-bond donors (Lipinski definition) is 0. The zero-order valence-corrected chi connectivity index (χ0v) is 9.87. The molecule has 0 aromatic carbocycles. The smallest absolute Gasteiger partial charge is 0.293 e. The number of alkyl halides is 1. The van der Waals surface area contributed by atoms with Gasteiger partial charge in [-0.25, -0.2) is 4.98 Å². The van der Waals surface area contributed by atoms with E-state index in [-0.39, 0.29) is 5.56 Å². The summed E-state index contributed by atoms with van der Waals surface area (Å²) in [5.41, 5.74) is -0.0612. The van der Waals surface area contributed by atoms with E-state index in [1.165, 1.54) is 4.57 Å². The minimum absolute atomic E-state index is 0.0612. The first-order chi connectivity index (χ1) is 7.20. The van der Waals surface area contributed by atoms with Crippen molar-refractivity contribution in [3.05, 3.63) is 22.7 Å². The van der Waals surface area contributed by atoms with E-state index in [9.17, 15) is 4.79 Å². The molecule has 0 amide bonds. The van der Waals surface area contributed by atoms with Gasteiger partial charge in [-0.15, -0.1) is 11.6 Å². The minimum atomic E-state index is -0.0612. The first kappa shape index (κ1) is 12.0. The molecular weight excluding hydrogens is 214 g/mol. The topological polar surface area (TPSA) is 38.1 Å². The molecule has 0 saturated carbocycles. The molecule has 0 fully saturated rings. The predicted octanol–water partition coefficient (Wildman–Crippen LogP) is 1.24. The van der Waals surface area contributed by atoms with E-state index in [4.69, 9.17) is 11.6 Å². The van der Waals surface area contributed by atoms with Crippen LogP contribution in [0.15, 0.2) is 17.2 Å². The van der Waals surface area contributed by atoms with Crippen LogP contribution in [0, 0.1) is 0 Å². The first-order valence-corrected chi connectivity index (χ1v) is 5.56. The predicted molar refractivity (Wildman–Crippen MR) is 62.7 cm³/mol. The number of anilines is 1. The fraction of sp³-hybridized carbons (Fsp3) is 0.600. The molecule has 0 spiro atoms. The Balaban J connectivity index is 2.91. The van der Waals surface area contributed by atoms with Gasteiger partial charge in [0.05, 0.1) is 0 Å². The Morgan fingerprint density at radius 1 is 1.60 bits per heavy atom. The molecule has 1 aromatic heterocycles. The average Bonchev–Trinajstić information content (AvgIpc) is 2.25. The second kappa shape index (κ2) is 5.75. The third-order valence-electron chi connectivity index (χ3n) is 2.24. The summed E-state index contributed by atoms with van der Waals surface area (Å²) in [6.45, 7) is 3.54. The monoisotopic (exact) mass is 229 g/mol. The van der Waals surface area contributed by atoms with Crippen molar-refractivity contribution in [2.75, 3.05) is 23.9 Å². The van der Waals surface area contributed by atoms with Gasteiger partial charge >= 0.3 is 0 Å². The zero-order valence-electron chi connectivity index (χ0n) is 9.11. The highest BCUT2D eigenvalue weighted by Gasteiger charge is 2.10. The van der Waals surface area contributed by atoms with Gasteiger partial charge < -0.3 is 9.47 Å². The van der Waals surface area contributed by atoms with Crippen LogP contribution in [-0.2, 0) is 7.05 Å². The molecule has 0 aliphatic heterocycles. The molecule has 84 valence electrons. The first-order valence-electron chi connectivity index (χ1n) is 5.03. The molecule has 0 bridgehead atoms. The van der Waals surface area contributed by atoms with Crippen molar-refractivity contribution >= 4 is 17.4 Å². The summed E-state index contributed by atoms with van der Waals surface area (Å²) < 4.78 is 1.53. The molecule has 0 aliphatic carbocycles. The Morgan fingerprint density at radius 3 is 2.93 bits per heavy atom. The van der Waals surface area contributed by atoms with Crippen LogP contribution in [0.1, 0.15) is 13.3 Å². The highest BCUT2D eigenvalue weighted by atomic mass is 35.5. The zero-order chi connectivity index (χ0) is 11.3. The van der Waals surface area contributed by atoms with E-state index in [0.717, 1.165) is 19.5 Å². The van der Waals surface area contributed by atoms with Gasteiger partial charge in [-0.05, 0) is 13.3 Å². The number of hydrogen-bond acceptors (Lipinski definition) is 3. The summed E-state index contributed by atoms with van der Waals surface area (Å²) in [5.74, 6) is 1.11. The number of rotatable bonds is 5. The molecule has 0 aliphatic rings. The maximum Gasteiger partial charge on any atom is 0.293 e. The van der Waals surface area contributed by atoms with Crippen molar-refractivity contribution < 1.29 is 0 Å². The largest absolute Gasteiger partial charge is 0.352 e. The highest BCUT2D eigenvalue weighted by molar-refractivity contribution is 6.17. The van der Waals surface area contributed by atoms with Crippen LogP contribution in [0.3, 0.4) is 0 Å². The van der Waals surface area contributed by atoms with Crippen molar-refractivity contribution in [3.8, 4) is 0 Å². The van der Waals surface area contributed by atoms with Gasteiger partial charge in [-0.1, -0.05) is 0 Å². The minimum Gasteiger partial charge on any atom is -0.352 e. The van der Waals surface area contributed by atoms with E-state index >= 15 is 0 Å². The Labute approximate surface area is 94.5 Å². The lowest BCUT2D eigenvalue weighted by Gasteiger charge is -2.20. The third-order valence-corrected chi connectivity index (χ3v) is 2.51. The average molecular weight is 230 g/mol. The number of aryl methyl sites for hydroxylation is 1. The Morgan fingerprint density at radius 2 is 2.33 bits per heavy atom. The van der Waals surface area contributed by atoms with Gasteiger partial charge in [-0.3, -0.25) is 4.79 Å². The van der Waals surface area contributed by atoms with Crippen LogP contribution in [-0.4, -0.2) is 28.5 Å². The molecule has 1 rings (SSSR count). The fourth-order valence-corrected chi connectivity index (χ4v) is 1.49. The molecule has 1 aromatic rings. The van der Waals surface area contributed by atoms with Crippen LogP contribution in [0.4, 0.5) is 5.82 Å². The number of halogens is 1. The summed E-state index contributed by atoms with van der Waals surface area (Å²) in [7, 11) is 1.73. The van der Waals surface area contributed by atoms with E-state index in [1.54, 1.807) is 19.4 Å². The summed E-state index contributed by atoms with van der Waals surface area (Å²) in [6.07, 6.45) is 4.15. The molecule has 0 radical (unpaired) electrons. The van der Waals surface area contributed by atoms with E-state index in [1.807, 2.05) is 11.8 Å². The van der Waals surface area contributed by atoms with Crippen LogP contribution >= 0.6 is 11.6 Å². The van der Waals surface area contributed by atoms with Gasteiger partial charge in [-0.2, -0.15) is 0 Å². The Bertz CT molecular complexity index is 364. The van der Waals surface area contributed by atoms with Crippen LogP contribution in [0.5, 0.6) is 0 Å². The van der Waals surface area contributed by atoms with Gasteiger partial charge in [0.2, 0.25) is 0 Å². The van der Waals surface area contributed by atoms with Crippen molar-refractivity contribution in [1.82, 2.24) is 9.55 Å². The molecule has 0 saturated heterocycles. The maximum absolute atomic E-state index is 11.8. The lowest BCUT2D eigenvalue weighted by atomic mass is 10.4. The van der Waals surface area contributed by atoms with Crippen molar-refractivity contribution in [2.45, 2.75) is 13.3 Å². The molecule has 15 heavy (non-hydrogen) atoms. The molecule has 0 unspecified atom stereocenters. The van der Waals surface area contributed by atoms with Crippen molar-refractivity contribution in [2.24, 2.45) is 7.05 Å². The van der Waals surface area contributed by atoms with E-state index in [0.29, 0.717) is 11.7 Å². The quantitative estimate of drug-likeness (QED) is 0.713. The molecule has 0 atom stereocenters. The lowest BCUT2D eigenvalue weighted by molar-refractivity contribution is 0.749. The van der Waals surface area contributed by atoms with Crippen LogP contribution in [0.2, 0.25) is 0 Å². The lowest BCUT2D eigenvalue weighted by Crippen LogP contribution is -2.33. The standard InChI is InChI=1S/C10H16ClN3O/c1-3-14(7-4-5-11)9-10(15)13(2)8-6-12-9/h6,8H,3-5,7H2,1-2H3.